The highest BCUT2D eigenvalue weighted by Crippen LogP contribution is 2.35. The summed E-state index contributed by atoms with van der Waals surface area (Å²) in [6, 6.07) is 9.35. The van der Waals surface area contributed by atoms with E-state index in [0.29, 0.717) is 11.5 Å². The SMILES string of the molecule is CCc1ccc(C(N)C(C)N2CCC(C(C)(C)C)C2)cc1. The lowest BCUT2D eigenvalue weighted by Crippen LogP contribution is -2.40. The van der Waals surface area contributed by atoms with Gasteiger partial charge in [0.15, 0.2) is 0 Å². The minimum absolute atomic E-state index is 0.106. The first-order valence-corrected chi connectivity index (χ1v) is 8.41. The van der Waals surface area contributed by atoms with Crippen molar-refractivity contribution in [1.82, 2.24) is 4.90 Å². The van der Waals surface area contributed by atoms with Gasteiger partial charge in [-0.05, 0) is 48.8 Å². The van der Waals surface area contributed by atoms with E-state index in [1.807, 2.05) is 0 Å². The summed E-state index contributed by atoms with van der Waals surface area (Å²) in [6.45, 7) is 13.9. The van der Waals surface area contributed by atoms with Crippen LogP contribution in [0.2, 0.25) is 0 Å². The van der Waals surface area contributed by atoms with E-state index in [-0.39, 0.29) is 6.04 Å². The van der Waals surface area contributed by atoms with Gasteiger partial charge in [0.2, 0.25) is 0 Å². The van der Waals surface area contributed by atoms with E-state index in [1.54, 1.807) is 0 Å². The number of aryl methyl sites for hydroxylation is 1. The van der Waals surface area contributed by atoms with Gasteiger partial charge in [0, 0.05) is 18.6 Å². The molecule has 0 amide bonds. The third kappa shape index (κ3) is 3.87. The van der Waals surface area contributed by atoms with Crippen LogP contribution in [0.25, 0.3) is 0 Å². The fourth-order valence-corrected chi connectivity index (χ4v) is 3.35. The second-order valence-electron chi connectivity index (χ2n) is 7.71. The molecule has 0 bridgehead atoms. The van der Waals surface area contributed by atoms with Crippen molar-refractivity contribution in [2.75, 3.05) is 13.1 Å². The summed E-state index contributed by atoms with van der Waals surface area (Å²) < 4.78 is 0. The topological polar surface area (TPSA) is 29.3 Å². The molecule has 21 heavy (non-hydrogen) atoms. The number of nitrogens with two attached hydrogens (primary N) is 1. The molecule has 1 aromatic carbocycles. The van der Waals surface area contributed by atoms with Crippen LogP contribution >= 0.6 is 0 Å². The van der Waals surface area contributed by atoms with Crippen LogP contribution in [0.1, 0.15) is 58.2 Å². The van der Waals surface area contributed by atoms with E-state index in [1.165, 1.54) is 30.6 Å². The molecule has 2 nitrogen and oxygen atoms in total. The van der Waals surface area contributed by atoms with Crippen LogP contribution in [0.3, 0.4) is 0 Å². The van der Waals surface area contributed by atoms with Gasteiger partial charge in [-0.25, -0.2) is 0 Å². The largest absolute Gasteiger partial charge is 0.323 e. The molecule has 3 unspecified atom stereocenters. The lowest BCUT2D eigenvalue weighted by Gasteiger charge is -2.32. The predicted octanol–water partition coefficient (Wildman–Crippen LogP) is 4.01. The first-order valence-electron chi connectivity index (χ1n) is 8.41. The molecule has 1 saturated heterocycles. The predicted molar refractivity (Wildman–Crippen MR) is 91.3 cm³/mol. The molecule has 0 spiro atoms. The molecule has 1 aromatic rings. The molecule has 118 valence electrons. The summed E-state index contributed by atoms with van der Waals surface area (Å²) in [4.78, 5) is 2.58. The van der Waals surface area contributed by atoms with Crippen molar-refractivity contribution in [2.24, 2.45) is 17.1 Å². The average Bonchev–Trinajstić information content (AvgIpc) is 2.95. The van der Waals surface area contributed by atoms with E-state index in [0.717, 1.165) is 12.3 Å². The number of likely N-dealkylation sites (tertiary alicyclic amines) is 1. The summed E-state index contributed by atoms with van der Waals surface area (Å²) in [5, 5.41) is 0. The van der Waals surface area contributed by atoms with Gasteiger partial charge in [-0.15, -0.1) is 0 Å². The van der Waals surface area contributed by atoms with Crippen molar-refractivity contribution >= 4 is 0 Å². The van der Waals surface area contributed by atoms with Crippen molar-refractivity contribution < 1.29 is 0 Å². The molecule has 1 aliphatic heterocycles. The maximum absolute atomic E-state index is 6.52. The normalized spacial score (nSPS) is 23.2. The summed E-state index contributed by atoms with van der Waals surface area (Å²) in [7, 11) is 0. The Bertz CT molecular complexity index is 444. The van der Waals surface area contributed by atoms with Crippen LogP contribution in [-0.2, 0) is 6.42 Å². The zero-order valence-corrected chi connectivity index (χ0v) is 14.4. The van der Waals surface area contributed by atoms with Crippen LogP contribution in [0, 0.1) is 11.3 Å². The Hall–Kier alpha value is -0.860. The number of hydrogen-bond acceptors (Lipinski definition) is 2. The summed E-state index contributed by atoms with van der Waals surface area (Å²) >= 11 is 0. The van der Waals surface area contributed by atoms with E-state index in [4.69, 9.17) is 5.73 Å². The van der Waals surface area contributed by atoms with Crippen molar-refractivity contribution in [3.8, 4) is 0 Å². The Labute approximate surface area is 130 Å². The van der Waals surface area contributed by atoms with Crippen molar-refractivity contribution in [3.05, 3.63) is 35.4 Å². The average molecular weight is 288 g/mol. The third-order valence-electron chi connectivity index (χ3n) is 5.31. The van der Waals surface area contributed by atoms with Crippen molar-refractivity contribution in [1.29, 1.82) is 0 Å². The van der Waals surface area contributed by atoms with Crippen LogP contribution in [0.5, 0.6) is 0 Å². The smallest absolute Gasteiger partial charge is 0.0450 e. The second-order valence-corrected chi connectivity index (χ2v) is 7.71. The van der Waals surface area contributed by atoms with Gasteiger partial charge in [-0.1, -0.05) is 52.0 Å². The highest BCUT2D eigenvalue weighted by atomic mass is 15.2. The van der Waals surface area contributed by atoms with E-state index < -0.39 is 0 Å². The molecular formula is C19H32N2. The molecule has 0 aromatic heterocycles. The monoisotopic (exact) mass is 288 g/mol. The zero-order valence-electron chi connectivity index (χ0n) is 14.4. The molecule has 1 aliphatic rings. The number of hydrogen-bond donors (Lipinski definition) is 1. The Kier molecular flexibility index (Phi) is 5.11. The van der Waals surface area contributed by atoms with Gasteiger partial charge < -0.3 is 5.73 Å². The minimum atomic E-state index is 0.106. The Morgan fingerprint density at radius 2 is 1.86 bits per heavy atom. The van der Waals surface area contributed by atoms with Gasteiger partial charge in [-0.3, -0.25) is 4.90 Å². The highest BCUT2D eigenvalue weighted by Gasteiger charge is 2.35. The van der Waals surface area contributed by atoms with Gasteiger partial charge in [0.05, 0.1) is 0 Å². The van der Waals surface area contributed by atoms with Gasteiger partial charge in [-0.2, -0.15) is 0 Å². The molecule has 2 heteroatoms. The standard InChI is InChI=1S/C19H32N2/c1-6-15-7-9-16(10-8-15)18(20)14(2)21-12-11-17(13-21)19(3,4)5/h7-10,14,17-18H,6,11-13,20H2,1-5H3. The first kappa shape index (κ1) is 16.5. The molecule has 1 heterocycles. The Balaban J connectivity index is 2.01. The van der Waals surface area contributed by atoms with Crippen LogP contribution in [0.4, 0.5) is 0 Å². The van der Waals surface area contributed by atoms with E-state index in [2.05, 4.69) is 63.8 Å². The van der Waals surface area contributed by atoms with Crippen LogP contribution in [-0.4, -0.2) is 24.0 Å². The summed E-state index contributed by atoms with van der Waals surface area (Å²) in [5.74, 6) is 0.787. The van der Waals surface area contributed by atoms with Crippen LogP contribution < -0.4 is 5.73 Å². The summed E-state index contributed by atoms with van der Waals surface area (Å²) in [6.07, 6.45) is 2.39. The van der Waals surface area contributed by atoms with Gasteiger partial charge in [0.25, 0.3) is 0 Å². The van der Waals surface area contributed by atoms with E-state index >= 15 is 0 Å². The molecule has 1 fully saturated rings. The molecule has 2 N–H and O–H groups in total. The quantitative estimate of drug-likeness (QED) is 0.907. The molecule has 0 aliphatic carbocycles. The lowest BCUT2D eigenvalue weighted by atomic mass is 9.80. The van der Waals surface area contributed by atoms with Crippen LogP contribution in [0.15, 0.2) is 24.3 Å². The highest BCUT2D eigenvalue weighted by molar-refractivity contribution is 5.25. The van der Waals surface area contributed by atoms with Gasteiger partial charge in [0.1, 0.15) is 0 Å². The molecule has 2 rings (SSSR count). The van der Waals surface area contributed by atoms with Crippen molar-refractivity contribution in [2.45, 2.75) is 59.5 Å². The number of benzene rings is 1. The first-order chi connectivity index (χ1) is 9.82. The Morgan fingerprint density at radius 3 is 2.33 bits per heavy atom. The molecule has 0 radical (unpaired) electrons. The number of rotatable bonds is 4. The second kappa shape index (κ2) is 6.50. The molecule has 0 saturated carbocycles. The maximum Gasteiger partial charge on any atom is 0.0450 e. The van der Waals surface area contributed by atoms with Crippen molar-refractivity contribution in [3.63, 3.8) is 0 Å². The lowest BCUT2D eigenvalue weighted by molar-refractivity contribution is 0.186. The van der Waals surface area contributed by atoms with E-state index in [9.17, 15) is 0 Å². The third-order valence-corrected chi connectivity index (χ3v) is 5.31. The van der Waals surface area contributed by atoms with Gasteiger partial charge >= 0.3 is 0 Å². The fraction of sp³-hybridized carbons (Fsp3) is 0.684. The maximum atomic E-state index is 6.52. The molecular weight excluding hydrogens is 256 g/mol. The zero-order chi connectivity index (χ0) is 15.6. The fourth-order valence-electron chi connectivity index (χ4n) is 3.35. The number of nitrogens with zero attached hydrogens (tertiary/aromatic N) is 1. The minimum Gasteiger partial charge on any atom is -0.323 e. The molecule has 3 atom stereocenters. The Morgan fingerprint density at radius 1 is 1.24 bits per heavy atom. The summed E-state index contributed by atoms with van der Waals surface area (Å²) in [5.41, 5.74) is 9.57.